The molecule has 4 nitrogen and oxygen atoms in total. The number of rotatable bonds is 1. The number of nitrogens with one attached hydrogen (secondary N) is 2. The highest BCUT2D eigenvalue weighted by atomic mass is 16.1. The number of carbonyl (C=O) groups excluding carboxylic acids is 1. The Bertz CT molecular complexity index is 571. The Morgan fingerprint density at radius 2 is 2.25 bits per heavy atom. The largest absolute Gasteiger partial charge is 0.342 e. The lowest BCUT2D eigenvalue weighted by atomic mass is 10.1. The van der Waals surface area contributed by atoms with Crippen LogP contribution in [-0.2, 0) is 11.2 Å². The SMILES string of the molecule is Cc1ncc(-c2ccc3c(c2)CC(=O)N3)[nH]1. The highest BCUT2D eigenvalue weighted by Crippen LogP contribution is 2.28. The van der Waals surface area contributed by atoms with Crippen LogP contribution >= 0.6 is 0 Å². The summed E-state index contributed by atoms with van der Waals surface area (Å²) in [5, 5.41) is 2.82. The van der Waals surface area contributed by atoms with Gasteiger partial charge in [0, 0.05) is 5.69 Å². The Kier molecular flexibility index (Phi) is 1.83. The van der Waals surface area contributed by atoms with E-state index in [1.807, 2.05) is 25.1 Å². The van der Waals surface area contributed by atoms with Gasteiger partial charge in [-0.3, -0.25) is 4.79 Å². The number of hydrogen-bond acceptors (Lipinski definition) is 2. The van der Waals surface area contributed by atoms with Crippen molar-refractivity contribution < 1.29 is 4.79 Å². The number of imidazole rings is 1. The molecule has 3 rings (SSSR count). The quantitative estimate of drug-likeness (QED) is 0.759. The Balaban J connectivity index is 2.05. The number of hydrogen-bond donors (Lipinski definition) is 2. The van der Waals surface area contributed by atoms with Crippen LogP contribution < -0.4 is 5.32 Å². The summed E-state index contributed by atoms with van der Waals surface area (Å²) in [5.74, 6) is 0.956. The molecule has 0 unspecified atom stereocenters. The van der Waals surface area contributed by atoms with Gasteiger partial charge < -0.3 is 10.3 Å². The summed E-state index contributed by atoms with van der Waals surface area (Å²) in [6, 6.07) is 5.95. The number of aromatic nitrogens is 2. The Morgan fingerprint density at radius 3 is 3.00 bits per heavy atom. The van der Waals surface area contributed by atoms with Crippen LogP contribution in [0.25, 0.3) is 11.3 Å². The molecule has 0 saturated heterocycles. The highest BCUT2D eigenvalue weighted by molar-refractivity contribution is 5.99. The van der Waals surface area contributed by atoms with Gasteiger partial charge in [-0.05, 0) is 30.2 Å². The van der Waals surface area contributed by atoms with Crippen LogP contribution in [0.15, 0.2) is 24.4 Å². The van der Waals surface area contributed by atoms with Crippen molar-refractivity contribution in [2.75, 3.05) is 5.32 Å². The van der Waals surface area contributed by atoms with Crippen LogP contribution in [0.1, 0.15) is 11.4 Å². The van der Waals surface area contributed by atoms with Gasteiger partial charge in [0.15, 0.2) is 0 Å². The van der Waals surface area contributed by atoms with E-state index in [2.05, 4.69) is 15.3 Å². The second-order valence-electron chi connectivity index (χ2n) is 3.98. The molecule has 0 aliphatic carbocycles. The number of nitrogens with zero attached hydrogens (tertiary/aromatic N) is 1. The Hall–Kier alpha value is -2.10. The number of carbonyl (C=O) groups is 1. The fourth-order valence-corrected chi connectivity index (χ4v) is 1.96. The van der Waals surface area contributed by atoms with Crippen molar-refractivity contribution in [1.29, 1.82) is 0 Å². The first-order chi connectivity index (χ1) is 7.72. The molecule has 2 heterocycles. The van der Waals surface area contributed by atoms with Gasteiger partial charge in [0.05, 0.1) is 18.3 Å². The maximum Gasteiger partial charge on any atom is 0.228 e. The van der Waals surface area contributed by atoms with Crippen LogP contribution in [0.3, 0.4) is 0 Å². The van der Waals surface area contributed by atoms with E-state index >= 15 is 0 Å². The van der Waals surface area contributed by atoms with Crippen LogP contribution in [0.4, 0.5) is 5.69 Å². The summed E-state index contributed by atoms with van der Waals surface area (Å²) in [6.07, 6.45) is 2.28. The summed E-state index contributed by atoms with van der Waals surface area (Å²) in [5.41, 5.74) is 4.02. The van der Waals surface area contributed by atoms with Gasteiger partial charge in [0.1, 0.15) is 5.82 Å². The predicted octanol–water partition coefficient (Wildman–Crippen LogP) is 1.88. The second kappa shape index (κ2) is 3.20. The van der Waals surface area contributed by atoms with Gasteiger partial charge in [-0.25, -0.2) is 4.98 Å². The van der Waals surface area contributed by atoms with Gasteiger partial charge in [-0.1, -0.05) is 6.07 Å². The van der Waals surface area contributed by atoms with Gasteiger partial charge in [-0.15, -0.1) is 0 Å². The molecule has 0 fully saturated rings. The number of amides is 1. The average Bonchev–Trinajstić information content (AvgIpc) is 2.81. The molecule has 1 aromatic heterocycles. The molecule has 4 heteroatoms. The summed E-state index contributed by atoms with van der Waals surface area (Å²) < 4.78 is 0. The van der Waals surface area contributed by atoms with E-state index in [0.717, 1.165) is 28.3 Å². The molecule has 1 aliphatic rings. The summed E-state index contributed by atoms with van der Waals surface area (Å²) in [7, 11) is 0. The third kappa shape index (κ3) is 1.39. The normalized spacial score (nSPS) is 13.7. The predicted molar refractivity (Wildman–Crippen MR) is 61.1 cm³/mol. The van der Waals surface area contributed by atoms with E-state index in [1.165, 1.54) is 0 Å². The first-order valence-corrected chi connectivity index (χ1v) is 5.17. The molecule has 0 radical (unpaired) electrons. The molecule has 0 bridgehead atoms. The highest BCUT2D eigenvalue weighted by Gasteiger charge is 2.17. The molecule has 0 spiro atoms. The first kappa shape index (κ1) is 9.15. The summed E-state index contributed by atoms with van der Waals surface area (Å²) in [6.45, 7) is 1.92. The topological polar surface area (TPSA) is 57.8 Å². The van der Waals surface area contributed by atoms with Crippen LogP contribution in [-0.4, -0.2) is 15.9 Å². The first-order valence-electron chi connectivity index (χ1n) is 5.17. The zero-order chi connectivity index (χ0) is 11.1. The van der Waals surface area contributed by atoms with Crippen molar-refractivity contribution in [2.24, 2.45) is 0 Å². The van der Waals surface area contributed by atoms with Crippen molar-refractivity contribution in [1.82, 2.24) is 9.97 Å². The number of aromatic amines is 1. The number of anilines is 1. The molecule has 1 aromatic carbocycles. The lowest BCUT2D eigenvalue weighted by Gasteiger charge is -2.01. The standard InChI is InChI=1S/C12H11N3O/c1-7-13-6-11(14-7)8-2-3-10-9(4-8)5-12(16)15-10/h2-4,6H,5H2,1H3,(H,13,14)(H,15,16). The molecule has 0 saturated carbocycles. The van der Waals surface area contributed by atoms with Gasteiger partial charge in [-0.2, -0.15) is 0 Å². The van der Waals surface area contributed by atoms with Crippen molar-refractivity contribution >= 4 is 11.6 Å². The maximum atomic E-state index is 11.2. The van der Waals surface area contributed by atoms with Crippen molar-refractivity contribution in [3.8, 4) is 11.3 Å². The number of benzene rings is 1. The van der Waals surface area contributed by atoms with Crippen LogP contribution in [0.2, 0.25) is 0 Å². The fraction of sp³-hybridized carbons (Fsp3) is 0.167. The molecule has 1 aliphatic heterocycles. The Labute approximate surface area is 92.7 Å². The monoisotopic (exact) mass is 213 g/mol. The zero-order valence-electron chi connectivity index (χ0n) is 8.87. The van der Waals surface area contributed by atoms with E-state index in [4.69, 9.17) is 0 Å². The molecular formula is C12H11N3O. The Morgan fingerprint density at radius 1 is 1.38 bits per heavy atom. The molecule has 0 atom stereocenters. The zero-order valence-corrected chi connectivity index (χ0v) is 8.87. The van der Waals surface area contributed by atoms with Crippen molar-refractivity contribution in [3.63, 3.8) is 0 Å². The minimum Gasteiger partial charge on any atom is -0.342 e. The maximum absolute atomic E-state index is 11.2. The minimum absolute atomic E-state index is 0.0629. The fourth-order valence-electron chi connectivity index (χ4n) is 1.96. The van der Waals surface area contributed by atoms with Crippen LogP contribution in [0, 0.1) is 6.92 Å². The molecule has 2 N–H and O–H groups in total. The molecule has 2 aromatic rings. The number of aryl methyl sites for hydroxylation is 1. The van der Waals surface area contributed by atoms with Gasteiger partial charge in [0.25, 0.3) is 0 Å². The third-order valence-electron chi connectivity index (χ3n) is 2.74. The van der Waals surface area contributed by atoms with Crippen LogP contribution in [0.5, 0.6) is 0 Å². The number of H-pyrrole nitrogens is 1. The molecule has 16 heavy (non-hydrogen) atoms. The number of fused-ring (bicyclic) bond motifs is 1. The van der Waals surface area contributed by atoms with Gasteiger partial charge in [0.2, 0.25) is 5.91 Å². The van der Waals surface area contributed by atoms with Crippen molar-refractivity contribution in [2.45, 2.75) is 13.3 Å². The van der Waals surface area contributed by atoms with Crippen molar-refractivity contribution in [3.05, 3.63) is 35.8 Å². The second-order valence-corrected chi connectivity index (χ2v) is 3.98. The van der Waals surface area contributed by atoms with E-state index in [1.54, 1.807) is 6.20 Å². The average molecular weight is 213 g/mol. The molecule has 1 amide bonds. The van der Waals surface area contributed by atoms with E-state index < -0.39 is 0 Å². The van der Waals surface area contributed by atoms with E-state index in [0.29, 0.717) is 6.42 Å². The van der Waals surface area contributed by atoms with Gasteiger partial charge >= 0.3 is 0 Å². The minimum atomic E-state index is 0.0629. The lowest BCUT2D eigenvalue weighted by Crippen LogP contribution is -2.03. The van der Waals surface area contributed by atoms with E-state index in [-0.39, 0.29) is 5.91 Å². The molecule has 80 valence electrons. The van der Waals surface area contributed by atoms with E-state index in [9.17, 15) is 4.79 Å². The summed E-state index contributed by atoms with van der Waals surface area (Å²) in [4.78, 5) is 18.6. The summed E-state index contributed by atoms with van der Waals surface area (Å²) >= 11 is 0. The smallest absolute Gasteiger partial charge is 0.228 e. The third-order valence-corrected chi connectivity index (χ3v) is 2.74. The lowest BCUT2D eigenvalue weighted by molar-refractivity contribution is -0.115. The molecular weight excluding hydrogens is 202 g/mol.